The first-order valence-electron chi connectivity index (χ1n) is 5.55. The van der Waals surface area contributed by atoms with Crippen LogP contribution in [0, 0.1) is 0 Å². The monoisotopic (exact) mass is 227 g/mol. The third-order valence-electron chi connectivity index (χ3n) is 2.71. The normalized spacial score (nSPS) is 12.4. The molecule has 2 aromatic heterocycles. The van der Waals surface area contributed by atoms with E-state index in [2.05, 4.69) is 41.3 Å². The Kier molecular flexibility index (Phi) is 1.92. The molecule has 5 nitrogen and oxygen atoms in total. The Morgan fingerprint density at radius 2 is 1.88 bits per heavy atom. The largest absolute Gasteiger partial charge is 0.232 e. The topological polar surface area (TPSA) is 56.0 Å². The van der Waals surface area contributed by atoms with Crippen LogP contribution >= 0.6 is 0 Å². The SMILES string of the molecule is CC(C)(C)c1nc2ccccc2c2nnnn12. The second-order valence-corrected chi connectivity index (χ2v) is 5.12. The molecule has 0 saturated carbocycles. The molecule has 0 aliphatic rings. The molecule has 0 saturated heterocycles. The zero-order chi connectivity index (χ0) is 12.0. The molecule has 0 N–H and O–H groups in total. The van der Waals surface area contributed by atoms with E-state index in [1.807, 2.05) is 24.3 Å². The fourth-order valence-corrected chi connectivity index (χ4v) is 1.90. The number of hydrogen-bond acceptors (Lipinski definition) is 4. The van der Waals surface area contributed by atoms with Crippen molar-refractivity contribution in [3.8, 4) is 0 Å². The Morgan fingerprint density at radius 1 is 1.12 bits per heavy atom. The lowest BCUT2D eigenvalue weighted by atomic mass is 9.95. The molecule has 3 rings (SSSR count). The molecule has 0 spiro atoms. The number of fused-ring (bicyclic) bond motifs is 3. The van der Waals surface area contributed by atoms with Crippen LogP contribution < -0.4 is 0 Å². The molecule has 0 bridgehead atoms. The van der Waals surface area contributed by atoms with Crippen LogP contribution in [0.1, 0.15) is 26.6 Å². The average Bonchev–Trinajstić information content (AvgIpc) is 2.75. The minimum Gasteiger partial charge on any atom is -0.232 e. The molecular weight excluding hydrogens is 214 g/mol. The van der Waals surface area contributed by atoms with E-state index >= 15 is 0 Å². The Morgan fingerprint density at radius 3 is 2.65 bits per heavy atom. The molecule has 0 unspecified atom stereocenters. The van der Waals surface area contributed by atoms with Gasteiger partial charge in [-0.15, -0.1) is 5.10 Å². The third-order valence-corrected chi connectivity index (χ3v) is 2.71. The molecule has 5 heteroatoms. The van der Waals surface area contributed by atoms with Gasteiger partial charge in [0.1, 0.15) is 5.82 Å². The van der Waals surface area contributed by atoms with Crippen molar-refractivity contribution in [1.29, 1.82) is 0 Å². The quantitative estimate of drug-likeness (QED) is 0.589. The zero-order valence-corrected chi connectivity index (χ0v) is 10.0. The molecule has 0 aliphatic heterocycles. The van der Waals surface area contributed by atoms with Crippen LogP contribution in [0.15, 0.2) is 24.3 Å². The maximum atomic E-state index is 4.67. The summed E-state index contributed by atoms with van der Waals surface area (Å²) in [5.74, 6) is 0.871. The summed E-state index contributed by atoms with van der Waals surface area (Å²) in [6, 6.07) is 7.91. The Bertz CT molecular complexity index is 693. The molecule has 86 valence electrons. The van der Waals surface area contributed by atoms with Crippen molar-refractivity contribution in [3.63, 3.8) is 0 Å². The number of rotatable bonds is 0. The third kappa shape index (κ3) is 1.46. The van der Waals surface area contributed by atoms with Gasteiger partial charge in [-0.3, -0.25) is 0 Å². The second-order valence-electron chi connectivity index (χ2n) is 5.12. The summed E-state index contributed by atoms with van der Waals surface area (Å²) >= 11 is 0. The van der Waals surface area contributed by atoms with E-state index in [1.54, 1.807) is 4.52 Å². The van der Waals surface area contributed by atoms with Crippen LogP contribution in [0.2, 0.25) is 0 Å². The summed E-state index contributed by atoms with van der Waals surface area (Å²) in [7, 11) is 0. The number of hydrogen-bond donors (Lipinski definition) is 0. The van der Waals surface area contributed by atoms with Gasteiger partial charge < -0.3 is 0 Å². The predicted octanol–water partition coefficient (Wildman–Crippen LogP) is 1.97. The molecule has 0 aliphatic carbocycles. The minimum absolute atomic E-state index is 0.0995. The van der Waals surface area contributed by atoms with E-state index < -0.39 is 0 Å². The zero-order valence-electron chi connectivity index (χ0n) is 10.0. The van der Waals surface area contributed by atoms with E-state index in [0.29, 0.717) is 0 Å². The lowest BCUT2D eigenvalue weighted by Gasteiger charge is -2.18. The van der Waals surface area contributed by atoms with Crippen molar-refractivity contribution in [2.24, 2.45) is 0 Å². The fourth-order valence-electron chi connectivity index (χ4n) is 1.90. The van der Waals surface area contributed by atoms with E-state index in [0.717, 1.165) is 22.4 Å². The minimum atomic E-state index is -0.0995. The van der Waals surface area contributed by atoms with E-state index in [1.165, 1.54) is 0 Å². The smallest absolute Gasteiger partial charge is 0.190 e. The number of para-hydroxylation sites is 1. The Hall–Kier alpha value is -2.04. The maximum absolute atomic E-state index is 4.67. The van der Waals surface area contributed by atoms with E-state index in [-0.39, 0.29) is 5.41 Å². The molecule has 0 radical (unpaired) electrons. The lowest BCUT2D eigenvalue weighted by molar-refractivity contribution is 0.522. The molecule has 1 aromatic carbocycles. The summed E-state index contributed by atoms with van der Waals surface area (Å²) in [6.07, 6.45) is 0. The van der Waals surface area contributed by atoms with Crippen LogP contribution in [-0.4, -0.2) is 25.0 Å². The van der Waals surface area contributed by atoms with Gasteiger partial charge in [-0.25, -0.2) is 4.98 Å². The first-order chi connectivity index (χ1) is 8.07. The summed E-state index contributed by atoms with van der Waals surface area (Å²) in [4.78, 5) is 4.67. The van der Waals surface area contributed by atoms with Crippen LogP contribution in [0.25, 0.3) is 16.6 Å². The maximum Gasteiger partial charge on any atom is 0.190 e. The van der Waals surface area contributed by atoms with Crippen molar-refractivity contribution in [1.82, 2.24) is 25.0 Å². The highest BCUT2D eigenvalue weighted by Crippen LogP contribution is 2.24. The van der Waals surface area contributed by atoms with Gasteiger partial charge in [0.15, 0.2) is 5.65 Å². The molecular formula is C12H13N5. The van der Waals surface area contributed by atoms with Gasteiger partial charge in [0, 0.05) is 10.8 Å². The molecule has 0 fully saturated rings. The highest BCUT2D eigenvalue weighted by Gasteiger charge is 2.22. The van der Waals surface area contributed by atoms with Gasteiger partial charge in [0.2, 0.25) is 0 Å². The highest BCUT2D eigenvalue weighted by atomic mass is 15.5. The summed E-state index contributed by atoms with van der Waals surface area (Å²) in [5.41, 5.74) is 1.60. The first kappa shape index (κ1) is 10.1. The lowest BCUT2D eigenvalue weighted by Crippen LogP contribution is -2.19. The molecule has 2 heterocycles. The molecule has 0 atom stereocenters. The van der Waals surface area contributed by atoms with Crippen LogP contribution in [0.3, 0.4) is 0 Å². The van der Waals surface area contributed by atoms with Gasteiger partial charge in [-0.05, 0) is 22.6 Å². The van der Waals surface area contributed by atoms with Gasteiger partial charge in [0.05, 0.1) is 5.52 Å². The van der Waals surface area contributed by atoms with Crippen LogP contribution in [0.4, 0.5) is 0 Å². The van der Waals surface area contributed by atoms with Gasteiger partial charge >= 0.3 is 0 Å². The Labute approximate surface area is 98.5 Å². The molecule has 17 heavy (non-hydrogen) atoms. The summed E-state index contributed by atoms with van der Waals surface area (Å²) in [6.45, 7) is 6.31. The van der Waals surface area contributed by atoms with Crippen molar-refractivity contribution >= 4 is 16.6 Å². The van der Waals surface area contributed by atoms with Crippen molar-refractivity contribution < 1.29 is 0 Å². The Balaban J connectivity index is 2.53. The van der Waals surface area contributed by atoms with E-state index in [9.17, 15) is 0 Å². The number of benzene rings is 1. The number of nitrogens with zero attached hydrogens (tertiary/aromatic N) is 5. The van der Waals surface area contributed by atoms with Crippen molar-refractivity contribution in [2.45, 2.75) is 26.2 Å². The molecule has 0 amide bonds. The van der Waals surface area contributed by atoms with Gasteiger partial charge in [0.25, 0.3) is 0 Å². The summed E-state index contributed by atoms with van der Waals surface area (Å²) < 4.78 is 1.72. The summed E-state index contributed by atoms with van der Waals surface area (Å²) in [5, 5.41) is 12.8. The fraction of sp³-hybridized carbons (Fsp3) is 0.333. The predicted molar refractivity (Wildman–Crippen MR) is 64.8 cm³/mol. The first-order valence-corrected chi connectivity index (χ1v) is 5.55. The van der Waals surface area contributed by atoms with Crippen LogP contribution in [0.5, 0.6) is 0 Å². The van der Waals surface area contributed by atoms with Crippen molar-refractivity contribution in [2.75, 3.05) is 0 Å². The van der Waals surface area contributed by atoms with Gasteiger partial charge in [-0.2, -0.15) is 4.52 Å². The second kappa shape index (κ2) is 3.23. The van der Waals surface area contributed by atoms with Crippen LogP contribution in [-0.2, 0) is 5.41 Å². The average molecular weight is 227 g/mol. The van der Waals surface area contributed by atoms with E-state index in [4.69, 9.17) is 0 Å². The van der Waals surface area contributed by atoms with Gasteiger partial charge in [-0.1, -0.05) is 32.9 Å². The highest BCUT2D eigenvalue weighted by molar-refractivity contribution is 5.90. The number of tetrazole rings is 1. The number of aromatic nitrogens is 5. The molecule has 3 aromatic rings. The van der Waals surface area contributed by atoms with Crippen molar-refractivity contribution in [3.05, 3.63) is 30.1 Å². The standard InChI is InChI=1S/C12H13N5/c1-12(2,3)11-13-9-7-5-4-6-8(9)10-14-15-16-17(10)11/h4-7H,1-3H3.